The number of ether oxygens (including phenoxy) is 2. The fraction of sp³-hybridized carbons (Fsp3) is 0.545. The molecule has 1 aromatic carbocycles. The Morgan fingerprint density at radius 1 is 1.18 bits per heavy atom. The van der Waals surface area contributed by atoms with Gasteiger partial charge in [0.05, 0.1) is 29.2 Å². The second kappa shape index (κ2) is 8.05. The lowest BCUT2D eigenvalue weighted by Crippen LogP contribution is -2.36. The molecule has 150 valence electrons. The van der Waals surface area contributed by atoms with Crippen molar-refractivity contribution in [1.29, 1.82) is 0 Å². The summed E-state index contributed by atoms with van der Waals surface area (Å²) in [6.45, 7) is 4.80. The molecular weight excluding hydrogens is 354 g/mol. The summed E-state index contributed by atoms with van der Waals surface area (Å²) in [6, 6.07) is 9.86. The number of carbonyl (C=O) groups is 1. The Morgan fingerprint density at radius 2 is 1.89 bits per heavy atom. The Kier molecular flexibility index (Phi) is 5.51. The summed E-state index contributed by atoms with van der Waals surface area (Å²) in [7, 11) is 0. The van der Waals surface area contributed by atoms with Crippen molar-refractivity contribution >= 4 is 5.91 Å². The molecule has 0 unspecified atom stereocenters. The van der Waals surface area contributed by atoms with Gasteiger partial charge in [-0.25, -0.2) is 4.68 Å². The van der Waals surface area contributed by atoms with Crippen molar-refractivity contribution in [2.45, 2.75) is 64.3 Å². The first kappa shape index (κ1) is 19.2. The molecule has 1 aliphatic carbocycles. The summed E-state index contributed by atoms with van der Waals surface area (Å²) in [6.07, 6.45) is 6.62. The molecule has 2 aliphatic rings. The van der Waals surface area contributed by atoms with Gasteiger partial charge in [-0.15, -0.1) is 0 Å². The number of hydrogen-bond acceptors (Lipinski definition) is 4. The first-order valence-corrected chi connectivity index (χ1v) is 10.3. The van der Waals surface area contributed by atoms with Crippen LogP contribution in [0.2, 0.25) is 0 Å². The SMILES string of the molecule is Cc1nn(-c2ccccc2)c(C)c1C(=O)NC[C@@H]1COC2(CCCCCC2)O1. The Hall–Kier alpha value is -2.18. The number of hydrogen-bond donors (Lipinski definition) is 1. The quantitative estimate of drug-likeness (QED) is 0.875. The van der Waals surface area contributed by atoms with Crippen LogP contribution in [0.1, 0.15) is 60.3 Å². The first-order valence-electron chi connectivity index (χ1n) is 10.3. The largest absolute Gasteiger partial charge is 0.349 e. The number of amides is 1. The van der Waals surface area contributed by atoms with Crippen molar-refractivity contribution in [2.24, 2.45) is 0 Å². The van der Waals surface area contributed by atoms with Gasteiger partial charge in [0.2, 0.25) is 0 Å². The van der Waals surface area contributed by atoms with Gasteiger partial charge >= 0.3 is 0 Å². The third-order valence-corrected chi connectivity index (χ3v) is 5.79. The molecule has 6 heteroatoms. The van der Waals surface area contributed by atoms with Crippen molar-refractivity contribution in [2.75, 3.05) is 13.2 Å². The van der Waals surface area contributed by atoms with E-state index in [4.69, 9.17) is 9.47 Å². The molecule has 2 fully saturated rings. The number of nitrogens with one attached hydrogen (secondary N) is 1. The highest BCUT2D eigenvalue weighted by atomic mass is 16.7. The predicted molar refractivity (Wildman–Crippen MR) is 107 cm³/mol. The van der Waals surface area contributed by atoms with E-state index in [2.05, 4.69) is 10.4 Å². The van der Waals surface area contributed by atoms with Gasteiger partial charge in [0.15, 0.2) is 5.79 Å². The summed E-state index contributed by atoms with van der Waals surface area (Å²) in [5.74, 6) is -0.529. The third-order valence-electron chi connectivity index (χ3n) is 5.79. The molecule has 28 heavy (non-hydrogen) atoms. The second-order valence-corrected chi connectivity index (χ2v) is 7.88. The fourth-order valence-corrected chi connectivity index (χ4v) is 4.33. The van der Waals surface area contributed by atoms with E-state index in [1.165, 1.54) is 12.8 Å². The van der Waals surface area contributed by atoms with Crippen LogP contribution >= 0.6 is 0 Å². The maximum atomic E-state index is 12.8. The molecule has 4 rings (SSSR count). The summed E-state index contributed by atoms with van der Waals surface area (Å²) >= 11 is 0. The van der Waals surface area contributed by atoms with E-state index in [1.54, 1.807) is 0 Å². The van der Waals surface area contributed by atoms with E-state index in [0.717, 1.165) is 42.8 Å². The minimum atomic E-state index is -0.421. The Labute approximate surface area is 166 Å². The summed E-state index contributed by atoms with van der Waals surface area (Å²) in [5.41, 5.74) is 3.14. The Morgan fingerprint density at radius 3 is 2.61 bits per heavy atom. The average Bonchev–Trinajstić information content (AvgIpc) is 3.14. The van der Waals surface area contributed by atoms with Gasteiger partial charge in [-0.05, 0) is 38.8 Å². The summed E-state index contributed by atoms with van der Waals surface area (Å²) < 4.78 is 14.1. The normalized spacial score (nSPS) is 21.6. The van der Waals surface area contributed by atoms with Crippen LogP contribution in [0.3, 0.4) is 0 Å². The van der Waals surface area contributed by atoms with Gasteiger partial charge in [0.1, 0.15) is 6.10 Å². The van der Waals surface area contributed by atoms with E-state index in [9.17, 15) is 4.79 Å². The number of aryl methyl sites for hydroxylation is 1. The third kappa shape index (κ3) is 3.84. The van der Waals surface area contributed by atoms with Gasteiger partial charge in [0.25, 0.3) is 5.91 Å². The number of benzene rings is 1. The molecular formula is C22H29N3O3. The van der Waals surface area contributed by atoms with Crippen molar-refractivity contribution < 1.29 is 14.3 Å². The fourth-order valence-electron chi connectivity index (χ4n) is 4.33. The van der Waals surface area contributed by atoms with Gasteiger partial charge in [0, 0.05) is 19.4 Å². The van der Waals surface area contributed by atoms with Gasteiger partial charge in [-0.2, -0.15) is 5.10 Å². The van der Waals surface area contributed by atoms with Gasteiger partial charge in [-0.1, -0.05) is 31.0 Å². The van der Waals surface area contributed by atoms with E-state index >= 15 is 0 Å². The molecule has 1 amide bonds. The number of aromatic nitrogens is 2. The van der Waals surface area contributed by atoms with Crippen molar-refractivity contribution in [3.05, 3.63) is 47.3 Å². The number of nitrogens with zero attached hydrogens (tertiary/aromatic N) is 2. The smallest absolute Gasteiger partial charge is 0.255 e. The maximum Gasteiger partial charge on any atom is 0.255 e. The maximum absolute atomic E-state index is 12.8. The molecule has 6 nitrogen and oxygen atoms in total. The Balaban J connectivity index is 1.40. The van der Waals surface area contributed by atoms with Crippen LogP contribution in [0.5, 0.6) is 0 Å². The lowest BCUT2D eigenvalue weighted by Gasteiger charge is -2.26. The van der Waals surface area contributed by atoms with Crippen LogP contribution in [0.4, 0.5) is 0 Å². The average molecular weight is 383 g/mol. The predicted octanol–water partition coefficient (Wildman–Crippen LogP) is 3.68. The van der Waals surface area contributed by atoms with E-state index < -0.39 is 5.79 Å². The van der Waals surface area contributed by atoms with Crippen LogP contribution in [-0.4, -0.2) is 40.7 Å². The van der Waals surface area contributed by atoms with Crippen LogP contribution in [0.25, 0.3) is 5.69 Å². The number of rotatable bonds is 4. The second-order valence-electron chi connectivity index (χ2n) is 7.88. The topological polar surface area (TPSA) is 65.4 Å². The molecule has 2 heterocycles. The molecule has 1 aliphatic heterocycles. The molecule has 1 saturated heterocycles. The first-order chi connectivity index (χ1) is 13.6. The molecule has 1 saturated carbocycles. The molecule has 1 aromatic heterocycles. The molecule has 1 atom stereocenters. The highest BCUT2D eigenvalue weighted by Crippen LogP contribution is 2.36. The van der Waals surface area contributed by atoms with Crippen molar-refractivity contribution in [3.63, 3.8) is 0 Å². The van der Waals surface area contributed by atoms with Crippen molar-refractivity contribution in [3.8, 4) is 5.69 Å². The lowest BCUT2D eigenvalue weighted by atomic mass is 10.1. The zero-order valence-electron chi connectivity index (χ0n) is 16.7. The zero-order valence-corrected chi connectivity index (χ0v) is 16.7. The molecule has 2 aromatic rings. The van der Waals surface area contributed by atoms with Crippen LogP contribution in [0, 0.1) is 13.8 Å². The standard InChI is InChI=1S/C22H29N3O3/c1-16-20(17(2)25(24-16)18-10-6-5-7-11-18)21(26)23-14-19-15-27-22(28-19)12-8-3-4-9-13-22/h5-7,10-11,19H,3-4,8-9,12-15H2,1-2H3,(H,23,26)/t19-/m1/s1. The summed E-state index contributed by atoms with van der Waals surface area (Å²) in [5, 5.41) is 7.59. The molecule has 0 radical (unpaired) electrons. The number of carbonyl (C=O) groups excluding carboxylic acids is 1. The monoisotopic (exact) mass is 383 g/mol. The van der Waals surface area contributed by atoms with Crippen LogP contribution in [-0.2, 0) is 9.47 Å². The van der Waals surface area contributed by atoms with E-state index in [1.807, 2.05) is 48.9 Å². The zero-order chi connectivity index (χ0) is 19.6. The van der Waals surface area contributed by atoms with Gasteiger partial charge in [-0.3, -0.25) is 4.79 Å². The van der Waals surface area contributed by atoms with E-state index in [-0.39, 0.29) is 12.0 Å². The lowest BCUT2D eigenvalue weighted by molar-refractivity contribution is -0.175. The van der Waals surface area contributed by atoms with Gasteiger partial charge < -0.3 is 14.8 Å². The Bertz CT molecular complexity index is 823. The van der Waals surface area contributed by atoms with Crippen LogP contribution in [0.15, 0.2) is 30.3 Å². The summed E-state index contributed by atoms with van der Waals surface area (Å²) in [4.78, 5) is 12.8. The number of para-hydroxylation sites is 1. The molecule has 1 spiro atoms. The minimum absolute atomic E-state index is 0.0909. The highest BCUT2D eigenvalue weighted by molar-refractivity contribution is 5.96. The van der Waals surface area contributed by atoms with Crippen LogP contribution < -0.4 is 5.32 Å². The minimum Gasteiger partial charge on any atom is -0.349 e. The molecule has 1 N–H and O–H groups in total. The molecule has 0 bridgehead atoms. The van der Waals surface area contributed by atoms with Crippen molar-refractivity contribution in [1.82, 2.24) is 15.1 Å². The highest BCUT2D eigenvalue weighted by Gasteiger charge is 2.41. The van der Waals surface area contributed by atoms with E-state index in [0.29, 0.717) is 18.7 Å².